The number of hydrogen-bond acceptors (Lipinski definition) is 11. The maximum atomic E-state index is 13.6. The Morgan fingerprint density at radius 3 is 2.29 bits per heavy atom. The van der Waals surface area contributed by atoms with Crippen molar-refractivity contribution in [2.45, 2.75) is 17.7 Å². The number of phenols is 1. The minimum atomic E-state index is -2.94. The van der Waals surface area contributed by atoms with E-state index in [0.29, 0.717) is 0 Å². The lowest BCUT2D eigenvalue weighted by Crippen LogP contribution is -2.70. The highest BCUT2D eigenvalue weighted by atomic mass is 16.4. The zero-order chi connectivity index (χ0) is 25.9. The van der Waals surface area contributed by atoms with Gasteiger partial charge in [0.1, 0.15) is 22.8 Å². The summed E-state index contributed by atoms with van der Waals surface area (Å²) in [5, 5.41) is 66.7. The van der Waals surface area contributed by atoms with E-state index in [1.165, 1.54) is 37.2 Å². The van der Waals surface area contributed by atoms with Crippen LogP contribution in [0.2, 0.25) is 0 Å². The van der Waals surface area contributed by atoms with E-state index in [9.17, 15) is 39.9 Å². The smallest absolute Gasteiger partial charge is 0.255 e. The summed E-state index contributed by atoms with van der Waals surface area (Å²) in [7, 11) is 2.88. The van der Waals surface area contributed by atoms with Crippen LogP contribution in [0.5, 0.6) is 5.75 Å². The minimum absolute atomic E-state index is 0.124. The van der Waals surface area contributed by atoms with E-state index < -0.39 is 69.7 Å². The summed E-state index contributed by atoms with van der Waals surface area (Å²) < 4.78 is 0. The van der Waals surface area contributed by atoms with Crippen LogP contribution < -0.4 is 5.73 Å². The molecule has 0 aliphatic heterocycles. The number of hydrogen-bond donors (Lipinski definition) is 6. The molecule has 0 bridgehead atoms. The van der Waals surface area contributed by atoms with Crippen molar-refractivity contribution in [3.8, 4) is 5.75 Å². The van der Waals surface area contributed by atoms with Crippen LogP contribution in [0.25, 0.3) is 11.3 Å². The number of aromatic hydroxyl groups is 1. The standard InChI is InChI=1S/C22H22N2O8.N2/c1-7-8-5-4-6-9(25)11(8)16(26)12-10(7)17(27)14-15(24(2)3)18(28)13(21(23)31)20(30)22(14,32)19(12)29;1-2/h4-6,10,14-15,17,25-27,30,32H,1H2,2-3H3,(H2,23,31);/t10-,14+,15+,17+,22+;/m1./s1. The molecule has 1 amide bonds. The van der Waals surface area contributed by atoms with Crippen LogP contribution >= 0.6 is 0 Å². The van der Waals surface area contributed by atoms with Gasteiger partial charge in [0.25, 0.3) is 5.91 Å². The first-order chi connectivity index (χ1) is 15.9. The summed E-state index contributed by atoms with van der Waals surface area (Å²) in [6.07, 6.45) is -1.69. The largest absolute Gasteiger partial charge is 0.508 e. The average molecular weight is 470 g/mol. The summed E-state index contributed by atoms with van der Waals surface area (Å²) in [5.74, 6) is -8.78. The quantitative estimate of drug-likeness (QED) is 0.237. The molecule has 1 aromatic rings. The molecular weight excluding hydrogens is 448 g/mol. The van der Waals surface area contributed by atoms with Crippen molar-refractivity contribution < 1.29 is 39.9 Å². The van der Waals surface area contributed by atoms with Crippen LogP contribution in [0, 0.1) is 22.6 Å². The number of aliphatic hydroxyl groups excluding tert-OH is 3. The number of carbonyl (C=O) groups excluding carboxylic acids is 3. The molecule has 0 radical (unpaired) electrons. The van der Waals surface area contributed by atoms with Crippen LogP contribution in [0.1, 0.15) is 11.1 Å². The third kappa shape index (κ3) is 2.88. The topological polar surface area (TPSA) is 229 Å². The maximum Gasteiger partial charge on any atom is 0.255 e. The molecule has 12 nitrogen and oxygen atoms in total. The summed E-state index contributed by atoms with van der Waals surface area (Å²) in [5.41, 5.74) is 1.16. The number of Topliss-reactive ketones (excluding diaryl/α,β-unsaturated/α-hetero) is 2. The van der Waals surface area contributed by atoms with Gasteiger partial charge in [-0.15, -0.1) is 0 Å². The summed E-state index contributed by atoms with van der Waals surface area (Å²) in [6, 6.07) is 2.89. The molecule has 4 rings (SSSR count). The number of aliphatic hydroxyl groups is 4. The van der Waals surface area contributed by atoms with Crippen LogP contribution in [-0.4, -0.2) is 79.7 Å². The van der Waals surface area contributed by atoms with Crippen molar-refractivity contribution in [2.24, 2.45) is 17.6 Å². The molecule has 0 aromatic heterocycles. The molecule has 34 heavy (non-hydrogen) atoms. The Balaban J connectivity index is 0.00000158. The number of likely N-dealkylation sites (N-methyl/N-ethyl adjacent to an activating group) is 1. The third-order valence-corrected chi connectivity index (χ3v) is 6.61. The third-order valence-electron chi connectivity index (χ3n) is 6.61. The van der Waals surface area contributed by atoms with Gasteiger partial charge in [0.05, 0.1) is 29.2 Å². The fourth-order valence-electron chi connectivity index (χ4n) is 5.21. The fourth-order valence-corrected chi connectivity index (χ4v) is 5.21. The number of rotatable bonds is 2. The molecule has 12 heteroatoms. The Kier molecular flexibility index (Phi) is 5.83. The SMILES string of the molecule is C=C1c2cccc(O)c2C(O)=C2C(=O)[C@]3(O)C(O)=C(C(N)=O)C(=O)[C@@H](N(C)C)[C@H]3[C@@H](O)[C@H]12.N#N. The minimum Gasteiger partial charge on any atom is -0.508 e. The number of carbonyl (C=O) groups is 3. The number of nitrogens with zero attached hydrogens (tertiary/aromatic N) is 3. The number of phenolic OH excluding ortho intramolecular Hbond substituents is 1. The van der Waals surface area contributed by atoms with Gasteiger partial charge in [-0.05, 0) is 31.3 Å². The van der Waals surface area contributed by atoms with Crippen molar-refractivity contribution in [3.63, 3.8) is 0 Å². The second kappa shape index (κ2) is 8.07. The maximum absolute atomic E-state index is 13.6. The lowest BCUT2D eigenvalue weighted by atomic mass is 9.55. The first-order valence-corrected chi connectivity index (χ1v) is 9.91. The van der Waals surface area contributed by atoms with Gasteiger partial charge in [0.2, 0.25) is 5.78 Å². The molecule has 0 saturated heterocycles. The first-order valence-electron chi connectivity index (χ1n) is 9.91. The molecule has 0 unspecified atom stereocenters. The summed E-state index contributed by atoms with van der Waals surface area (Å²) in [6.45, 7) is 3.91. The van der Waals surface area contributed by atoms with Gasteiger partial charge >= 0.3 is 0 Å². The normalized spacial score (nSPS) is 30.3. The van der Waals surface area contributed by atoms with E-state index >= 15 is 0 Å². The first kappa shape index (κ1) is 24.6. The summed E-state index contributed by atoms with van der Waals surface area (Å²) in [4.78, 5) is 39.8. The van der Waals surface area contributed by atoms with E-state index in [1.807, 2.05) is 0 Å². The average Bonchev–Trinajstić information content (AvgIpc) is 2.77. The number of fused-ring (bicyclic) bond motifs is 3. The van der Waals surface area contributed by atoms with Crippen LogP contribution in [0.3, 0.4) is 0 Å². The number of primary amides is 1. The molecule has 178 valence electrons. The second-order valence-corrected chi connectivity index (χ2v) is 8.44. The van der Waals surface area contributed by atoms with E-state index in [0.717, 1.165) is 0 Å². The van der Waals surface area contributed by atoms with Crippen molar-refractivity contribution in [1.82, 2.24) is 4.90 Å². The van der Waals surface area contributed by atoms with Crippen molar-refractivity contribution in [3.05, 3.63) is 52.8 Å². The van der Waals surface area contributed by atoms with Crippen LogP contribution in [-0.2, 0) is 14.4 Å². The number of benzene rings is 1. The zero-order valence-corrected chi connectivity index (χ0v) is 18.1. The molecule has 1 saturated carbocycles. The predicted octanol–water partition coefficient (Wildman–Crippen LogP) is -0.564. The Morgan fingerprint density at radius 2 is 1.76 bits per heavy atom. The summed E-state index contributed by atoms with van der Waals surface area (Å²) >= 11 is 0. The second-order valence-electron chi connectivity index (χ2n) is 8.44. The lowest BCUT2D eigenvalue weighted by molar-refractivity contribution is -0.166. The van der Waals surface area contributed by atoms with Gasteiger partial charge < -0.3 is 31.3 Å². The molecule has 1 aromatic carbocycles. The van der Waals surface area contributed by atoms with Gasteiger partial charge in [-0.25, -0.2) is 0 Å². The predicted molar refractivity (Wildman–Crippen MR) is 114 cm³/mol. The van der Waals surface area contributed by atoms with Gasteiger partial charge in [-0.2, -0.15) is 0 Å². The highest BCUT2D eigenvalue weighted by Crippen LogP contribution is 2.55. The van der Waals surface area contributed by atoms with Crippen molar-refractivity contribution in [1.29, 1.82) is 10.8 Å². The van der Waals surface area contributed by atoms with E-state index in [-0.39, 0.29) is 22.4 Å². The van der Waals surface area contributed by atoms with Gasteiger partial charge in [0, 0.05) is 16.7 Å². The number of ketones is 2. The molecule has 3 aliphatic carbocycles. The number of nitrogens with two attached hydrogens (primary N) is 1. The highest BCUT2D eigenvalue weighted by molar-refractivity contribution is 6.25. The molecular formula is C22H22N4O8. The van der Waals surface area contributed by atoms with Gasteiger partial charge in [-0.1, -0.05) is 18.7 Å². The highest BCUT2D eigenvalue weighted by Gasteiger charge is 2.68. The number of amides is 1. The van der Waals surface area contributed by atoms with Gasteiger partial charge in [0.15, 0.2) is 11.4 Å². The lowest BCUT2D eigenvalue weighted by Gasteiger charge is -2.52. The monoisotopic (exact) mass is 470 g/mol. The Hall–Kier alpha value is -4.05. The van der Waals surface area contributed by atoms with Crippen LogP contribution in [0.4, 0.5) is 0 Å². The molecule has 0 spiro atoms. The van der Waals surface area contributed by atoms with Crippen molar-refractivity contribution in [2.75, 3.05) is 14.1 Å². The molecule has 1 fully saturated rings. The van der Waals surface area contributed by atoms with E-state index in [2.05, 4.69) is 6.58 Å². The zero-order valence-electron chi connectivity index (χ0n) is 18.1. The van der Waals surface area contributed by atoms with E-state index in [4.69, 9.17) is 16.5 Å². The molecule has 0 heterocycles. The molecule has 7 N–H and O–H groups in total. The van der Waals surface area contributed by atoms with Crippen molar-refractivity contribution >= 4 is 28.8 Å². The molecule has 5 atom stereocenters. The fraction of sp³-hybridized carbons (Fsp3) is 0.318. The van der Waals surface area contributed by atoms with Gasteiger partial charge in [-0.3, -0.25) is 19.3 Å². The Labute approximate surface area is 192 Å². The Morgan fingerprint density at radius 1 is 1.18 bits per heavy atom. The molecule has 3 aliphatic rings. The van der Waals surface area contributed by atoms with E-state index in [1.54, 1.807) is 0 Å². The van der Waals surface area contributed by atoms with Crippen LogP contribution in [0.15, 0.2) is 41.7 Å². The Bertz CT molecular complexity index is 1230.